The highest BCUT2D eigenvalue weighted by Crippen LogP contribution is 2.25. The van der Waals surface area contributed by atoms with E-state index in [9.17, 15) is 0 Å². The lowest BCUT2D eigenvalue weighted by molar-refractivity contribution is 0.352. The zero-order valence-electron chi connectivity index (χ0n) is 9.69. The molecule has 3 unspecified atom stereocenters. The summed E-state index contributed by atoms with van der Waals surface area (Å²) >= 11 is 0. The van der Waals surface area contributed by atoms with Crippen molar-refractivity contribution in [3.05, 3.63) is 18.5 Å². The monoisotopic (exact) mass is 207 g/mol. The van der Waals surface area contributed by atoms with Gasteiger partial charge in [0.25, 0.3) is 0 Å². The summed E-state index contributed by atoms with van der Waals surface area (Å²) in [5.74, 6) is 0.838. The fourth-order valence-corrected chi connectivity index (χ4v) is 2.50. The summed E-state index contributed by atoms with van der Waals surface area (Å²) in [5, 5.41) is 7.93. The first-order chi connectivity index (χ1) is 7.25. The maximum absolute atomic E-state index is 4.23. The van der Waals surface area contributed by atoms with E-state index < -0.39 is 0 Å². The summed E-state index contributed by atoms with van der Waals surface area (Å²) < 4.78 is 2.00. The lowest BCUT2D eigenvalue weighted by Gasteiger charge is -2.22. The van der Waals surface area contributed by atoms with Crippen molar-refractivity contribution >= 4 is 0 Å². The maximum atomic E-state index is 4.23. The van der Waals surface area contributed by atoms with E-state index in [-0.39, 0.29) is 0 Å². The summed E-state index contributed by atoms with van der Waals surface area (Å²) in [6.07, 6.45) is 7.96. The average molecular weight is 207 g/mol. The average Bonchev–Trinajstić information content (AvgIpc) is 2.79. The predicted octanol–water partition coefficient (Wildman–Crippen LogP) is 2.05. The zero-order chi connectivity index (χ0) is 10.7. The minimum atomic E-state index is 0.510. The summed E-state index contributed by atoms with van der Waals surface area (Å²) in [6.45, 7) is 5.56. The zero-order valence-corrected chi connectivity index (χ0v) is 9.69. The van der Waals surface area contributed by atoms with E-state index in [4.69, 9.17) is 0 Å². The Bertz CT molecular complexity index is 281. The van der Waals surface area contributed by atoms with Gasteiger partial charge in [-0.1, -0.05) is 13.3 Å². The first-order valence-electron chi connectivity index (χ1n) is 5.99. The standard InChI is InChI=1S/C12H21N3/c1-10-5-3-6-12(10)14-11(2)9-15-8-4-7-13-15/h4,7-8,10-12,14H,3,5-6,9H2,1-2H3. The van der Waals surface area contributed by atoms with Crippen LogP contribution in [0.15, 0.2) is 18.5 Å². The molecule has 0 radical (unpaired) electrons. The first-order valence-corrected chi connectivity index (χ1v) is 5.99. The minimum absolute atomic E-state index is 0.510. The fraction of sp³-hybridized carbons (Fsp3) is 0.750. The summed E-state index contributed by atoms with van der Waals surface area (Å²) in [4.78, 5) is 0. The second-order valence-corrected chi connectivity index (χ2v) is 4.81. The van der Waals surface area contributed by atoms with Crippen LogP contribution in [0.1, 0.15) is 33.1 Å². The van der Waals surface area contributed by atoms with Gasteiger partial charge in [-0.15, -0.1) is 0 Å². The van der Waals surface area contributed by atoms with Crippen molar-refractivity contribution < 1.29 is 0 Å². The van der Waals surface area contributed by atoms with Gasteiger partial charge >= 0.3 is 0 Å². The van der Waals surface area contributed by atoms with Crippen molar-refractivity contribution in [3.8, 4) is 0 Å². The number of nitrogens with zero attached hydrogens (tertiary/aromatic N) is 2. The molecule has 1 fully saturated rings. The molecular weight excluding hydrogens is 186 g/mol. The quantitative estimate of drug-likeness (QED) is 0.819. The molecule has 1 aromatic heterocycles. The van der Waals surface area contributed by atoms with E-state index in [0.29, 0.717) is 6.04 Å². The highest BCUT2D eigenvalue weighted by molar-refractivity contribution is 4.83. The molecule has 0 bridgehead atoms. The second-order valence-electron chi connectivity index (χ2n) is 4.81. The Morgan fingerprint density at radius 2 is 2.40 bits per heavy atom. The minimum Gasteiger partial charge on any atom is -0.309 e. The molecule has 0 amide bonds. The van der Waals surface area contributed by atoms with Crippen LogP contribution >= 0.6 is 0 Å². The topological polar surface area (TPSA) is 29.9 Å². The van der Waals surface area contributed by atoms with Crippen molar-refractivity contribution in [3.63, 3.8) is 0 Å². The van der Waals surface area contributed by atoms with Crippen LogP contribution in [-0.2, 0) is 6.54 Å². The molecular formula is C12H21N3. The third-order valence-electron chi connectivity index (χ3n) is 3.38. The van der Waals surface area contributed by atoms with E-state index in [1.54, 1.807) is 0 Å². The van der Waals surface area contributed by atoms with Gasteiger partial charge < -0.3 is 5.32 Å². The van der Waals surface area contributed by atoms with Crippen LogP contribution in [0.4, 0.5) is 0 Å². The van der Waals surface area contributed by atoms with Crippen LogP contribution < -0.4 is 5.32 Å². The molecule has 1 aromatic rings. The van der Waals surface area contributed by atoms with Crippen LogP contribution in [0, 0.1) is 5.92 Å². The van der Waals surface area contributed by atoms with Crippen LogP contribution in [0.3, 0.4) is 0 Å². The molecule has 0 aliphatic heterocycles. The third-order valence-corrected chi connectivity index (χ3v) is 3.38. The number of aromatic nitrogens is 2. The van der Waals surface area contributed by atoms with Gasteiger partial charge in [-0.25, -0.2) is 0 Å². The molecule has 1 N–H and O–H groups in total. The number of hydrogen-bond donors (Lipinski definition) is 1. The van der Waals surface area contributed by atoms with Crippen LogP contribution in [0.25, 0.3) is 0 Å². The highest BCUT2D eigenvalue weighted by Gasteiger charge is 2.24. The van der Waals surface area contributed by atoms with Crippen molar-refractivity contribution in [1.29, 1.82) is 0 Å². The Morgan fingerprint density at radius 3 is 3.00 bits per heavy atom. The second kappa shape index (κ2) is 4.79. The predicted molar refractivity (Wildman–Crippen MR) is 61.6 cm³/mol. The van der Waals surface area contributed by atoms with Gasteiger partial charge in [0.05, 0.1) is 6.54 Å². The van der Waals surface area contributed by atoms with Gasteiger partial charge in [0.1, 0.15) is 0 Å². The molecule has 3 heteroatoms. The van der Waals surface area contributed by atoms with Gasteiger partial charge in [-0.2, -0.15) is 5.10 Å². The van der Waals surface area contributed by atoms with Crippen LogP contribution in [-0.4, -0.2) is 21.9 Å². The molecule has 0 saturated heterocycles. The molecule has 15 heavy (non-hydrogen) atoms. The van der Waals surface area contributed by atoms with Gasteiger partial charge in [-0.05, 0) is 31.7 Å². The number of nitrogens with one attached hydrogen (secondary N) is 1. The Labute approximate surface area is 91.9 Å². The normalized spacial score (nSPS) is 28.1. The first kappa shape index (κ1) is 10.7. The number of rotatable bonds is 4. The molecule has 1 aliphatic rings. The smallest absolute Gasteiger partial charge is 0.0560 e. The SMILES string of the molecule is CC(Cn1cccn1)NC1CCCC1C. The summed E-state index contributed by atoms with van der Waals surface area (Å²) in [5.41, 5.74) is 0. The maximum Gasteiger partial charge on any atom is 0.0560 e. The Morgan fingerprint density at radius 1 is 1.53 bits per heavy atom. The van der Waals surface area contributed by atoms with E-state index in [1.165, 1.54) is 19.3 Å². The van der Waals surface area contributed by atoms with E-state index >= 15 is 0 Å². The fourth-order valence-electron chi connectivity index (χ4n) is 2.50. The van der Waals surface area contributed by atoms with Crippen LogP contribution in [0.2, 0.25) is 0 Å². The van der Waals surface area contributed by atoms with E-state index in [0.717, 1.165) is 18.5 Å². The van der Waals surface area contributed by atoms with Gasteiger partial charge in [0.15, 0.2) is 0 Å². The van der Waals surface area contributed by atoms with E-state index in [1.807, 2.05) is 23.1 Å². The van der Waals surface area contributed by atoms with Crippen molar-refractivity contribution in [2.24, 2.45) is 5.92 Å². The molecule has 0 aromatic carbocycles. The third kappa shape index (κ3) is 2.81. The molecule has 3 nitrogen and oxygen atoms in total. The summed E-state index contributed by atoms with van der Waals surface area (Å²) in [6, 6.07) is 3.20. The molecule has 3 atom stereocenters. The molecule has 0 spiro atoms. The van der Waals surface area contributed by atoms with Crippen molar-refractivity contribution in [2.75, 3.05) is 0 Å². The molecule has 84 valence electrons. The largest absolute Gasteiger partial charge is 0.309 e. The Kier molecular flexibility index (Phi) is 3.41. The lowest BCUT2D eigenvalue weighted by Crippen LogP contribution is -2.40. The van der Waals surface area contributed by atoms with Gasteiger partial charge in [0.2, 0.25) is 0 Å². The summed E-state index contributed by atoms with van der Waals surface area (Å²) in [7, 11) is 0. The van der Waals surface area contributed by atoms with Crippen molar-refractivity contribution in [1.82, 2.24) is 15.1 Å². The Balaban J connectivity index is 1.79. The highest BCUT2D eigenvalue weighted by atomic mass is 15.3. The van der Waals surface area contributed by atoms with Gasteiger partial charge in [0, 0.05) is 24.5 Å². The molecule has 2 rings (SSSR count). The molecule has 1 heterocycles. The molecule has 1 saturated carbocycles. The van der Waals surface area contributed by atoms with E-state index in [2.05, 4.69) is 24.3 Å². The Hall–Kier alpha value is -0.830. The molecule has 1 aliphatic carbocycles. The van der Waals surface area contributed by atoms with Gasteiger partial charge in [-0.3, -0.25) is 4.68 Å². The van der Waals surface area contributed by atoms with Crippen LogP contribution in [0.5, 0.6) is 0 Å². The number of hydrogen-bond acceptors (Lipinski definition) is 2. The van der Waals surface area contributed by atoms with Crippen molar-refractivity contribution in [2.45, 2.75) is 51.7 Å². The lowest BCUT2D eigenvalue weighted by atomic mass is 10.1.